The topological polar surface area (TPSA) is 38.5 Å². The van der Waals surface area contributed by atoms with Crippen LogP contribution in [0.3, 0.4) is 0 Å². The fraction of sp³-hybridized carbons (Fsp3) is 0.538. The summed E-state index contributed by atoms with van der Waals surface area (Å²) in [5.74, 6) is -0.217. The van der Waals surface area contributed by atoms with Crippen molar-refractivity contribution in [1.29, 1.82) is 0 Å². The highest BCUT2D eigenvalue weighted by molar-refractivity contribution is 5.46. The lowest BCUT2D eigenvalue weighted by atomic mass is 10.1. The molecule has 3 nitrogen and oxygen atoms in total. The average molecular weight is 236 g/mol. The lowest BCUT2D eigenvalue weighted by molar-refractivity contribution is -0.0410. The molecule has 2 atom stereocenters. The van der Waals surface area contributed by atoms with E-state index in [0.717, 1.165) is 38.0 Å². The first kappa shape index (κ1) is 11.0. The average Bonchev–Trinajstić information content (AvgIpc) is 2.63. The monoisotopic (exact) mass is 236 g/mol. The maximum atomic E-state index is 13.2. The minimum Gasteiger partial charge on any atom is -0.398 e. The Morgan fingerprint density at radius 2 is 2.00 bits per heavy atom. The van der Waals surface area contributed by atoms with E-state index >= 15 is 0 Å². The Bertz CT molecular complexity index is 412. The molecule has 0 saturated carbocycles. The van der Waals surface area contributed by atoms with Crippen LogP contribution < -0.4 is 5.73 Å². The Hall–Kier alpha value is -1.13. The number of halogens is 1. The van der Waals surface area contributed by atoms with E-state index in [9.17, 15) is 4.39 Å². The molecule has 2 unspecified atom stereocenters. The molecule has 2 saturated heterocycles. The molecule has 2 fully saturated rings. The molecule has 0 aliphatic carbocycles. The standard InChI is InChI=1S/C13H17FN2O/c14-10-1-4-13(15)9(5-10)6-16-7-11-2-3-12(8-16)17-11/h1,4-5,11-12H,2-3,6-8,15H2. The van der Waals surface area contributed by atoms with E-state index in [1.165, 1.54) is 12.1 Å². The molecule has 4 heteroatoms. The van der Waals surface area contributed by atoms with Gasteiger partial charge in [-0.3, -0.25) is 4.90 Å². The van der Waals surface area contributed by atoms with E-state index in [1.807, 2.05) is 0 Å². The largest absolute Gasteiger partial charge is 0.398 e. The van der Waals surface area contributed by atoms with Crippen molar-refractivity contribution in [2.24, 2.45) is 0 Å². The smallest absolute Gasteiger partial charge is 0.123 e. The second-order valence-corrected chi connectivity index (χ2v) is 4.99. The van der Waals surface area contributed by atoms with Crippen LogP contribution in [-0.2, 0) is 11.3 Å². The number of benzene rings is 1. The Morgan fingerprint density at radius 1 is 1.29 bits per heavy atom. The molecule has 1 aromatic carbocycles. The van der Waals surface area contributed by atoms with E-state index in [2.05, 4.69) is 4.90 Å². The normalized spacial score (nSPS) is 28.5. The van der Waals surface area contributed by atoms with Crippen LogP contribution in [0.4, 0.5) is 10.1 Å². The summed E-state index contributed by atoms with van der Waals surface area (Å²) in [5, 5.41) is 0. The summed E-state index contributed by atoms with van der Waals surface area (Å²) in [6.45, 7) is 2.60. The molecule has 17 heavy (non-hydrogen) atoms. The van der Waals surface area contributed by atoms with Gasteiger partial charge in [0, 0.05) is 25.3 Å². The van der Waals surface area contributed by atoms with E-state index in [0.29, 0.717) is 17.9 Å². The van der Waals surface area contributed by atoms with Gasteiger partial charge in [0.25, 0.3) is 0 Å². The molecule has 0 aromatic heterocycles. The number of hydrogen-bond acceptors (Lipinski definition) is 3. The molecule has 2 N–H and O–H groups in total. The molecule has 0 spiro atoms. The number of fused-ring (bicyclic) bond motifs is 2. The molecule has 92 valence electrons. The summed E-state index contributed by atoms with van der Waals surface area (Å²) in [4.78, 5) is 2.32. The Labute approximate surface area is 100 Å². The summed E-state index contributed by atoms with van der Waals surface area (Å²) < 4.78 is 18.9. The van der Waals surface area contributed by atoms with Gasteiger partial charge in [0.2, 0.25) is 0 Å². The van der Waals surface area contributed by atoms with Gasteiger partial charge in [0.1, 0.15) is 5.82 Å². The summed E-state index contributed by atoms with van der Waals surface area (Å²) in [7, 11) is 0. The number of rotatable bonds is 2. The number of anilines is 1. The predicted octanol–water partition coefficient (Wildman–Crippen LogP) is 1.77. The SMILES string of the molecule is Nc1ccc(F)cc1CN1CC2CCC(C1)O2. The zero-order chi connectivity index (χ0) is 11.8. The number of likely N-dealkylation sites (tertiary alicyclic amines) is 1. The maximum Gasteiger partial charge on any atom is 0.123 e. The number of hydrogen-bond donors (Lipinski definition) is 1. The quantitative estimate of drug-likeness (QED) is 0.795. The molecule has 2 bridgehead atoms. The van der Waals surface area contributed by atoms with Crippen molar-refractivity contribution in [3.63, 3.8) is 0 Å². The van der Waals surface area contributed by atoms with Crippen molar-refractivity contribution in [2.75, 3.05) is 18.8 Å². The summed E-state index contributed by atoms with van der Waals surface area (Å²) >= 11 is 0. The number of morpholine rings is 1. The fourth-order valence-corrected chi connectivity index (χ4v) is 2.78. The lowest BCUT2D eigenvalue weighted by Gasteiger charge is -2.32. The number of ether oxygens (including phenoxy) is 1. The molecule has 3 rings (SSSR count). The Morgan fingerprint density at radius 3 is 2.71 bits per heavy atom. The van der Waals surface area contributed by atoms with Gasteiger partial charge in [-0.1, -0.05) is 0 Å². The number of nitrogen functional groups attached to an aromatic ring is 1. The van der Waals surface area contributed by atoms with Crippen LogP contribution in [0.5, 0.6) is 0 Å². The summed E-state index contributed by atoms with van der Waals surface area (Å²) in [6, 6.07) is 4.58. The number of nitrogens with two attached hydrogens (primary N) is 1. The first-order valence-corrected chi connectivity index (χ1v) is 6.12. The molecule has 0 amide bonds. The zero-order valence-corrected chi connectivity index (χ0v) is 9.73. The summed E-state index contributed by atoms with van der Waals surface area (Å²) in [6.07, 6.45) is 3.03. The van der Waals surface area contributed by atoms with E-state index in [1.54, 1.807) is 6.07 Å². The van der Waals surface area contributed by atoms with Crippen molar-refractivity contribution in [1.82, 2.24) is 4.90 Å². The van der Waals surface area contributed by atoms with Gasteiger partial charge in [0.15, 0.2) is 0 Å². The van der Waals surface area contributed by atoms with Gasteiger partial charge in [-0.2, -0.15) is 0 Å². The fourth-order valence-electron chi connectivity index (χ4n) is 2.78. The van der Waals surface area contributed by atoms with Crippen molar-refractivity contribution in [3.8, 4) is 0 Å². The van der Waals surface area contributed by atoms with E-state index < -0.39 is 0 Å². The van der Waals surface area contributed by atoms with Gasteiger partial charge >= 0.3 is 0 Å². The second kappa shape index (κ2) is 4.27. The molecule has 2 aliphatic rings. The third-order valence-corrected chi connectivity index (χ3v) is 3.62. The van der Waals surface area contributed by atoms with E-state index in [-0.39, 0.29) is 5.82 Å². The van der Waals surface area contributed by atoms with Crippen LogP contribution >= 0.6 is 0 Å². The van der Waals surface area contributed by atoms with Crippen LogP contribution in [-0.4, -0.2) is 30.2 Å². The van der Waals surface area contributed by atoms with Crippen LogP contribution in [0, 0.1) is 5.82 Å². The maximum absolute atomic E-state index is 13.2. The highest BCUT2D eigenvalue weighted by atomic mass is 19.1. The number of nitrogens with zero attached hydrogens (tertiary/aromatic N) is 1. The van der Waals surface area contributed by atoms with Crippen molar-refractivity contribution >= 4 is 5.69 Å². The second-order valence-electron chi connectivity index (χ2n) is 4.99. The third kappa shape index (κ3) is 2.28. The highest BCUT2D eigenvalue weighted by Gasteiger charge is 2.33. The first-order valence-electron chi connectivity index (χ1n) is 6.12. The highest BCUT2D eigenvalue weighted by Crippen LogP contribution is 2.27. The van der Waals surface area contributed by atoms with Crippen LogP contribution in [0.15, 0.2) is 18.2 Å². The molecule has 0 radical (unpaired) electrons. The predicted molar refractivity (Wildman–Crippen MR) is 64.0 cm³/mol. The molecular formula is C13H17FN2O. The van der Waals surface area contributed by atoms with Crippen molar-refractivity contribution < 1.29 is 9.13 Å². The Balaban J connectivity index is 1.72. The van der Waals surface area contributed by atoms with Crippen molar-refractivity contribution in [2.45, 2.75) is 31.6 Å². The van der Waals surface area contributed by atoms with Gasteiger partial charge in [-0.05, 0) is 36.6 Å². The summed E-state index contributed by atoms with van der Waals surface area (Å²) in [5.41, 5.74) is 7.42. The van der Waals surface area contributed by atoms with Gasteiger partial charge < -0.3 is 10.5 Å². The van der Waals surface area contributed by atoms with Crippen LogP contribution in [0.2, 0.25) is 0 Å². The van der Waals surface area contributed by atoms with Gasteiger partial charge in [-0.25, -0.2) is 4.39 Å². The Kier molecular flexibility index (Phi) is 2.76. The van der Waals surface area contributed by atoms with Crippen LogP contribution in [0.25, 0.3) is 0 Å². The van der Waals surface area contributed by atoms with Gasteiger partial charge in [-0.15, -0.1) is 0 Å². The van der Waals surface area contributed by atoms with E-state index in [4.69, 9.17) is 10.5 Å². The van der Waals surface area contributed by atoms with Crippen molar-refractivity contribution in [3.05, 3.63) is 29.6 Å². The van der Waals surface area contributed by atoms with Crippen LogP contribution in [0.1, 0.15) is 18.4 Å². The molecular weight excluding hydrogens is 219 g/mol. The lowest BCUT2D eigenvalue weighted by Crippen LogP contribution is -2.42. The minimum absolute atomic E-state index is 0.217. The molecule has 2 heterocycles. The molecule has 1 aromatic rings. The first-order chi connectivity index (χ1) is 8.20. The van der Waals surface area contributed by atoms with Gasteiger partial charge in [0.05, 0.1) is 12.2 Å². The molecule has 2 aliphatic heterocycles. The third-order valence-electron chi connectivity index (χ3n) is 3.62. The minimum atomic E-state index is -0.217. The zero-order valence-electron chi connectivity index (χ0n) is 9.73.